The molecule has 0 bridgehead atoms. The molecule has 3 aromatic rings. The number of benzene rings is 2. The van der Waals surface area contributed by atoms with E-state index in [4.69, 9.17) is 4.74 Å². The average Bonchev–Trinajstić information content (AvgIpc) is 2.90. The number of nitrogens with zero attached hydrogens (tertiary/aromatic N) is 2. The summed E-state index contributed by atoms with van der Waals surface area (Å²) in [4.78, 5) is 10.5. The standard InChI is InChI=1S/C14H10N2O3S/c1-19-11-5-2-9(3-6-11)14-12-8-10(16(17)18)4-7-13(12)20-15-14/h2-8H,1H3. The summed E-state index contributed by atoms with van der Waals surface area (Å²) < 4.78 is 10.4. The average molecular weight is 286 g/mol. The van der Waals surface area contributed by atoms with Crippen molar-refractivity contribution in [3.05, 3.63) is 52.6 Å². The third-order valence-electron chi connectivity index (χ3n) is 3.03. The van der Waals surface area contributed by atoms with E-state index in [1.165, 1.54) is 17.6 Å². The number of nitro benzene ring substituents is 1. The molecule has 5 nitrogen and oxygen atoms in total. The van der Waals surface area contributed by atoms with Crippen molar-refractivity contribution in [1.29, 1.82) is 0 Å². The van der Waals surface area contributed by atoms with Gasteiger partial charge in [0.25, 0.3) is 5.69 Å². The van der Waals surface area contributed by atoms with Gasteiger partial charge in [-0.2, -0.15) is 4.37 Å². The zero-order chi connectivity index (χ0) is 14.1. The Kier molecular flexibility index (Phi) is 3.08. The Labute approximate surface area is 118 Å². The molecule has 0 saturated carbocycles. The molecule has 0 unspecified atom stereocenters. The van der Waals surface area contributed by atoms with Gasteiger partial charge in [0.2, 0.25) is 0 Å². The Hall–Kier alpha value is -2.47. The summed E-state index contributed by atoms with van der Waals surface area (Å²) in [5.41, 5.74) is 1.75. The van der Waals surface area contributed by atoms with Gasteiger partial charge in [-0.25, -0.2) is 0 Å². The van der Waals surface area contributed by atoms with Crippen LogP contribution in [0.1, 0.15) is 0 Å². The van der Waals surface area contributed by atoms with Crippen LogP contribution in [0.4, 0.5) is 5.69 Å². The number of ether oxygens (including phenoxy) is 1. The van der Waals surface area contributed by atoms with Crippen LogP contribution in [0.2, 0.25) is 0 Å². The smallest absolute Gasteiger partial charge is 0.270 e. The largest absolute Gasteiger partial charge is 0.497 e. The van der Waals surface area contributed by atoms with Gasteiger partial charge in [0.1, 0.15) is 5.75 Å². The van der Waals surface area contributed by atoms with Crippen LogP contribution in [0.15, 0.2) is 42.5 Å². The number of hydrogen-bond donors (Lipinski definition) is 0. The zero-order valence-electron chi connectivity index (χ0n) is 10.6. The Morgan fingerprint density at radius 3 is 2.60 bits per heavy atom. The van der Waals surface area contributed by atoms with Crippen molar-refractivity contribution < 1.29 is 9.66 Å². The molecule has 1 aromatic heterocycles. The second kappa shape index (κ2) is 4.90. The van der Waals surface area contributed by atoms with Crippen LogP contribution < -0.4 is 4.74 Å². The van der Waals surface area contributed by atoms with Gasteiger partial charge in [-0.05, 0) is 41.9 Å². The zero-order valence-corrected chi connectivity index (χ0v) is 11.4. The van der Waals surface area contributed by atoms with E-state index in [1.54, 1.807) is 19.2 Å². The quantitative estimate of drug-likeness (QED) is 0.541. The van der Waals surface area contributed by atoms with Gasteiger partial charge >= 0.3 is 0 Å². The molecule has 0 fully saturated rings. The molecule has 2 aromatic carbocycles. The molecule has 100 valence electrons. The Balaban J connectivity index is 2.14. The van der Waals surface area contributed by atoms with Crippen molar-refractivity contribution >= 4 is 27.3 Å². The molecule has 0 N–H and O–H groups in total. The maximum atomic E-state index is 10.9. The minimum absolute atomic E-state index is 0.0764. The highest BCUT2D eigenvalue weighted by molar-refractivity contribution is 7.13. The number of hydrogen-bond acceptors (Lipinski definition) is 5. The summed E-state index contributed by atoms with van der Waals surface area (Å²) in [5.74, 6) is 0.763. The molecular weight excluding hydrogens is 276 g/mol. The lowest BCUT2D eigenvalue weighted by atomic mass is 10.1. The molecule has 1 heterocycles. The summed E-state index contributed by atoms with van der Waals surface area (Å²) in [6.07, 6.45) is 0. The molecule has 0 aliphatic rings. The molecule has 0 aliphatic heterocycles. The molecule has 0 saturated heterocycles. The first-order chi connectivity index (χ1) is 9.69. The van der Waals surface area contributed by atoms with Gasteiger partial charge in [0.15, 0.2) is 0 Å². The molecule has 6 heteroatoms. The van der Waals surface area contributed by atoms with Gasteiger partial charge < -0.3 is 4.74 Å². The third-order valence-corrected chi connectivity index (χ3v) is 3.85. The van der Waals surface area contributed by atoms with Crippen LogP contribution in [0.25, 0.3) is 21.3 Å². The fourth-order valence-electron chi connectivity index (χ4n) is 2.00. The Morgan fingerprint density at radius 2 is 1.95 bits per heavy atom. The topological polar surface area (TPSA) is 65.3 Å². The number of methoxy groups -OCH3 is 1. The van der Waals surface area contributed by atoms with E-state index in [9.17, 15) is 10.1 Å². The van der Waals surface area contributed by atoms with Crippen molar-refractivity contribution in [3.8, 4) is 17.0 Å². The summed E-state index contributed by atoms with van der Waals surface area (Å²) in [5, 5.41) is 11.7. The molecule has 0 radical (unpaired) electrons. The molecule has 0 atom stereocenters. The summed E-state index contributed by atoms with van der Waals surface area (Å²) in [7, 11) is 1.61. The van der Waals surface area contributed by atoms with Crippen molar-refractivity contribution in [1.82, 2.24) is 4.37 Å². The predicted octanol–water partition coefficient (Wildman–Crippen LogP) is 3.88. The fraction of sp³-hybridized carbons (Fsp3) is 0.0714. The summed E-state index contributed by atoms with van der Waals surface area (Å²) in [6.45, 7) is 0. The van der Waals surface area contributed by atoms with E-state index in [2.05, 4.69) is 4.37 Å². The van der Waals surface area contributed by atoms with Crippen LogP contribution in [-0.2, 0) is 0 Å². The van der Waals surface area contributed by atoms with Crippen molar-refractivity contribution in [3.63, 3.8) is 0 Å². The molecule has 0 spiro atoms. The van der Waals surface area contributed by atoms with Crippen LogP contribution in [0.3, 0.4) is 0 Å². The number of fused-ring (bicyclic) bond motifs is 1. The van der Waals surface area contributed by atoms with Gasteiger partial charge in [-0.1, -0.05) is 0 Å². The van der Waals surface area contributed by atoms with Crippen molar-refractivity contribution in [2.45, 2.75) is 0 Å². The lowest BCUT2D eigenvalue weighted by molar-refractivity contribution is -0.384. The van der Waals surface area contributed by atoms with E-state index in [0.29, 0.717) is 0 Å². The van der Waals surface area contributed by atoms with Crippen molar-refractivity contribution in [2.75, 3.05) is 7.11 Å². The SMILES string of the molecule is COc1ccc(-c2nsc3ccc([N+](=O)[O-])cc23)cc1. The van der Waals surface area contributed by atoms with Crippen LogP contribution in [-0.4, -0.2) is 16.4 Å². The summed E-state index contributed by atoms with van der Waals surface area (Å²) in [6, 6.07) is 12.3. The first-order valence-corrected chi connectivity index (χ1v) is 6.64. The van der Waals surface area contributed by atoms with E-state index >= 15 is 0 Å². The number of nitro groups is 1. The lowest BCUT2D eigenvalue weighted by Gasteiger charge is -2.01. The molecule has 0 amide bonds. The van der Waals surface area contributed by atoms with Crippen LogP contribution in [0.5, 0.6) is 5.75 Å². The van der Waals surface area contributed by atoms with Crippen molar-refractivity contribution in [2.24, 2.45) is 0 Å². The highest BCUT2D eigenvalue weighted by Gasteiger charge is 2.13. The first-order valence-electron chi connectivity index (χ1n) is 5.87. The van der Waals surface area contributed by atoms with E-state index < -0.39 is 4.92 Å². The highest BCUT2D eigenvalue weighted by Crippen LogP contribution is 2.33. The Bertz CT molecular complexity index is 781. The molecule has 20 heavy (non-hydrogen) atoms. The monoisotopic (exact) mass is 286 g/mol. The predicted molar refractivity (Wildman–Crippen MR) is 78.3 cm³/mol. The van der Waals surface area contributed by atoms with E-state index in [1.807, 2.05) is 24.3 Å². The fourth-order valence-corrected chi connectivity index (χ4v) is 2.77. The third kappa shape index (κ3) is 2.10. The highest BCUT2D eigenvalue weighted by atomic mass is 32.1. The molecule has 3 rings (SSSR count). The maximum Gasteiger partial charge on any atom is 0.270 e. The van der Waals surface area contributed by atoms with Gasteiger partial charge in [-0.15, -0.1) is 0 Å². The summed E-state index contributed by atoms with van der Waals surface area (Å²) >= 11 is 1.34. The second-order valence-corrected chi connectivity index (χ2v) is 5.00. The van der Waals surface area contributed by atoms with Gasteiger partial charge in [0, 0.05) is 23.1 Å². The minimum Gasteiger partial charge on any atom is -0.497 e. The van der Waals surface area contributed by atoms with Gasteiger partial charge in [0.05, 0.1) is 22.4 Å². The van der Waals surface area contributed by atoms with Gasteiger partial charge in [-0.3, -0.25) is 10.1 Å². The normalized spacial score (nSPS) is 10.7. The lowest BCUT2D eigenvalue weighted by Crippen LogP contribution is -1.87. The Morgan fingerprint density at radius 1 is 1.20 bits per heavy atom. The molecular formula is C14H10N2O3S. The number of rotatable bonds is 3. The maximum absolute atomic E-state index is 10.9. The number of non-ortho nitro benzene ring substituents is 1. The van der Waals surface area contributed by atoms with Crippen LogP contribution in [0, 0.1) is 10.1 Å². The first kappa shape index (κ1) is 12.6. The second-order valence-electron chi connectivity index (χ2n) is 4.20. The van der Waals surface area contributed by atoms with E-state index in [-0.39, 0.29) is 5.69 Å². The minimum atomic E-state index is -0.394. The molecule has 0 aliphatic carbocycles. The van der Waals surface area contributed by atoms with E-state index in [0.717, 1.165) is 27.1 Å². The van der Waals surface area contributed by atoms with Crippen LogP contribution >= 0.6 is 11.5 Å². The number of aromatic nitrogens is 1.